The van der Waals surface area contributed by atoms with Crippen LogP contribution in [-0.4, -0.2) is 55.6 Å². The molecule has 2 fully saturated rings. The van der Waals surface area contributed by atoms with Gasteiger partial charge in [0.05, 0.1) is 34.7 Å². The van der Waals surface area contributed by atoms with Gasteiger partial charge in [0.1, 0.15) is 15.7 Å². The lowest BCUT2D eigenvalue weighted by Crippen LogP contribution is -2.35. The van der Waals surface area contributed by atoms with Crippen molar-refractivity contribution < 1.29 is 13.0 Å². The van der Waals surface area contributed by atoms with E-state index in [0.29, 0.717) is 17.6 Å². The van der Waals surface area contributed by atoms with Crippen LogP contribution in [0.1, 0.15) is 56.5 Å². The Morgan fingerprint density at radius 1 is 1.32 bits per heavy atom. The fourth-order valence-corrected chi connectivity index (χ4v) is 6.78. The van der Waals surface area contributed by atoms with E-state index in [2.05, 4.69) is 26.0 Å². The number of fused-ring (bicyclic) bond motifs is 3. The van der Waals surface area contributed by atoms with Gasteiger partial charge in [-0.3, -0.25) is 4.40 Å². The third kappa shape index (κ3) is 4.22. The second-order valence-corrected chi connectivity index (χ2v) is 12.9. The van der Waals surface area contributed by atoms with Crippen molar-refractivity contribution in [1.29, 1.82) is 0 Å². The van der Waals surface area contributed by atoms with Crippen molar-refractivity contribution in [3.05, 3.63) is 30.0 Å². The summed E-state index contributed by atoms with van der Waals surface area (Å²) in [6, 6.07) is 2.28. The van der Waals surface area contributed by atoms with E-state index in [4.69, 9.17) is 4.98 Å². The van der Waals surface area contributed by atoms with Crippen molar-refractivity contribution >= 4 is 37.9 Å². The quantitative estimate of drug-likeness (QED) is 0.442. The van der Waals surface area contributed by atoms with Gasteiger partial charge in [0.25, 0.3) is 0 Å². The summed E-state index contributed by atoms with van der Waals surface area (Å²) in [5, 5.41) is 0.430. The molecular weight excluding hydrogens is 434 g/mol. The molecule has 3 aromatic rings. The molecule has 3 aromatic heterocycles. The number of nitrogens with zero attached hydrogens (tertiary/aromatic N) is 3. The predicted molar refractivity (Wildman–Crippen MR) is 124 cm³/mol. The van der Waals surface area contributed by atoms with Crippen LogP contribution in [-0.2, 0) is 27.6 Å². The van der Waals surface area contributed by atoms with E-state index in [-0.39, 0.29) is 17.7 Å². The van der Waals surface area contributed by atoms with Crippen LogP contribution in [0.3, 0.4) is 0 Å². The first-order valence-corrected chi connectivity index (χ1v) is 14.3. The molecule has 0 saturated heterocycles. The van der Waals surface area contributed by atoms with E-state index < -0.39 is 21.2 Å². The normalized spacial score (nSPS) is 25.6. The SMILES string of the molecule is CC[C@@H]1C[C@H](N[S+](O)C2CC2)C[C@@H]1c1nc(CCS(C)(=O)=O)c2cnc3[nH]ccc3n12. The Hall–Kier alpha value is -1.62. The molecule has 2 aliphatic carbocycles. The minimum absolute atomic E-state index is 0.0744. The number of H-pyrrole nitrogens is 1. The Labute approximate surface area is 185 Å². The van der Waals surface area contributed by atoms with Crippen molar-refractivity contribution in [3.8, 4) is 0 Å². The molecule has 0 aromatic carbocycles. The highest BCUT2D eigenvalue weighted by atomic mass is 32.2. The maximum absolute atomic E-state index is 11.8. The number of rotatable bonds is 8. The van der Waals surface area contributed by atoms with Crippen molar-refractivity contribution in [2.24, 2.45) is 5.92 Å². The third-order valence-electron chi connectivity index (χ3n) is 6.66. The van der Waals surface area contributed by atoms with Crippen LogP contribution >= 0.6 is 0 Å². The first-order valence-electron chi connectivity index (χ1n) is 11.0. The Morgan fingerprint density at radius 3 is 2.84 bits per heavy atom. The van der Waals surface area contributed by atoms with Crippen LogP contribution in [0.25, 0.3) is 16.7 Å². The molecule has 3 N–H and O–H groups in total. The zero-order valence-corrected chi connectivity index (χ0v) is 19.5. The first-order chi connectivity index (χ1) is 14.8. The molecule has 1 unspecified atom stereocenters. The van der Waals surface area contributed by atoms with Crippen LogP contribution in [0, 0.1) is 5.92 Å². The van der Waals surface area contributed by atoms with Crippen LogP contribution in [0.5, 0.6) is 0 Å². The molecule has 4 atom stereocenters. The van der Waals surface area contributed by atoms with E-state index in [9.17, 15) is 13.0 Å². The average Bonchev–Trinajstić information content (AvgIpc) is 3.17. The molecule has 2 saturated carbocycles. The van der Waals surface area contributed by atoms with Crippen LogP contribution in [0.4, 0.5) is 0 Å². The fourth-order valence-electron chi connectivity index (χ4n) is 4.91. The number of hydrogen-bond acceptors (Lipinski definition) is 6. The molecule has 2 aliphatic rings. The predicted octanol–water partition coefficient (Wildman–Crippen LogP) is 2.83. The highest BCUT2D eigenvalue weighted by Crippen LogP contribution is 2.43. The van der Waals surface area contributed by atoms with Gasteiger partial charge in [0, 0.05) is 37.6 Å². The Kier molecular flexibility index (Phi) is 5.52. The minimum Gasteiger partial charge on any atom is -0.345 e. The number of imidazole rings is 1. The van der Waals surface area contributed by atoms with E-state index in [1.807, 2.05) is 12.3 Å². The highest BCUT2D eigenvalue weighted by Gasteiger charge is 2.46. The summed E-state index contributed by atoms with van der Waals surface area (Å²) >= 11 is -0.698. The standard InChI is InChI=1S/C21H30N5O3S2/c1-3-13-10-14(25-30(27)15-4-5-15)11-16(13)21-24-17(7-9-31(2,28)29)19-12-23-20-18(26(19)21)6-8-22-20/h6,8,12-16,22,25,27H,3-5,7,9-11H2,1-2H3/q+1/t13-,14+,16+,30?/m1/s1. The molecule has 5 rings (SSSR count). The largest absolute Gasteiger partial charge is 0.345 e. The van der Waals surface area contributed by atoms with Gasteiger partial charge >= 0.3 is 0 Å². The third-order valence-corrected chi connectivity index (χ3v) is 9.29. The molecule has 0 bridgehead atoms. The molecule has 0 aliphatic heterocycles. The smallest absolute Gasteiger partial charge is 0.238 e. The zero-order valence-electron chi connectivity index (χ0n) is 17.9. The molecule has 10 heteroatoms. The summed E-state index contributed by atoms with van der Waals surface area (Å²) in [5.74, 6) is 1.78. The first kappa shape index (κ1) is 21.2. The summed E-state index contributed by atoms with van der Waals surface area (Å²) in [4.78, 5) is 12.7. The topological polar surface area (TPSA) is 112 Å². The maximum Gasteiger partial charge on any atom is 0.238 e. The molecule has 168 valence electrons. The number of aryl methyl sites for hydroxylation is 1. The zero-order chi connectivity index (χ0) is 21.8. The lowest BCUT2D eigenvalue weighted by atomic mass is 9.93. The second kappa shape index (κ2) is 8.06. The summed E-state index contributed by atoms with van der Waals surface area (Å²) in [6.45, 7) is 2.22. The van der Waals surface area contributed by atoms with E-state index in [0.717, 1.165) is 60.3 Å². The van der Waals surface area contributed by atoms with Gasteiger partial charge in [-0.1, -0.05) is 13.3 Å². The Morgan fingerprint density at radius 2 is 2.13 bits per heavy atom. The Balaban J connectivity index is 1.53. The minimum atomic E-state index is -3.09. The number of sulfone groups is 1. The van der Waals surface area contributed by atoms with Gasteiger partial charge in [-0.25, -0.2) is 18.4 Å². The summed E-state index contributed by atoms with van der Waals surface area (Å²) in [7, 11) is -3.09. The van der Waals surface area contributed by atoms with Crippen molar-refractivity contribution in [2.45, 2.75) is 62.7 Å². The van der Waals surface area contributed by atoms with Gasteiger partial charge in [0.2, 0.25) is 11.4 Å². The lowest BCUT2D eigenvalue weighted by Gasteiger charge is -2.16. The van der Waals surface area contributed by atoms with Crippen LogP contribution in [0.15, 0.2) is 18.5 Å². The van der Waals surface area contributed by atoms with Crippen LogP contribution < -0.4 is 4.72 Å². The average molecular weight is 465 g/mol. The highest BCUT2D eigenvalue weighted by molar-refractivity contribution is 7.90. The number of hydrogen-bond donors (Lipinski definition) is 3. The molecule has 0 amide bonds. The van der Waals surface area contributed by atoms with Crippen molar-refractivity contribution in [2.75, 3.05) is 12.0 Å². The molecule has 8 nitrogen and oxygen atoms in total. The van der Waals surface area contributed by atoms with E-state index in [1.165, 1.54) is 6.26 Å². The summed E-state index contributed by atoms with van der Waals surface area (Å²) < 4.78 is 39.7. The second-order valence-electron chi connectivity index (χ2n) is 9.06. The van der Waals surface area contributed by atoms with E-state index >= 15 is 0 Å². The number of aromatic amines is 1. The van der Waals surface area contributed by atoms with E-state index in [1.54, 1.807) is 6.20 Å². The van der Waals surface area contributed by atoms with Crippen molar-refractivity contribution in [1.82, 2.24) is 24.1 Å². The summed E-state index contributed by atoms with van der Waals surface area (Å²) in [5.41, 5.74) is 3.45. The maximum atomic E-state index is 11.8. The fraction of sp³-hybridized carbons (Fsp3) is 0.619. The monoisotopic (exact) mass is 464 g/mol. The molecule has 0 radical (unpaired) electrons. The summed E-state index contributed by atoms with van der Waals surface area (Å²) in [6.07, 6.45) is 10.5. The van der Waals surface area contributed by atoms with Gasteiger partial charge in [-0.15, -0.1) is 4.72 Å². The van der Waals surface area contributed by atoms with Gasteiger partial charge < -0.3 is 4.98 Å². The molecule has 3 heterocycles. The van der Waals surface area contributed by atoms with Crippen molar-refractivity contribution in [3.63, 3.8) is 0 Å². The van der Waals surface area contributed by atoms with Gasteiger partial charge in [-0.05, 0) is 24.8 Å². The van der Waals surface area contributed by atoms with Gasteiger partial charge in [-0.2, -0.15) is 4.55 Å². The Bertz CT molecular complexity index is 1200. The molecular formula is C21H30N5O3S2+. The molecule has 0 spiro atoms. The number of aromatic nitrogens is 4. The van der Waals surface area contributed by atoms with Gasteiger partial charge in [0.15, 0.2) is 10.9 Å². The van der Waals surface area contributed by atoms with Crippen LogP contribution in [0.2, 0.25) is 0 Å². The lowest BCUT2D eigenvalue weighted by molar-refractivity contribution is 0.450. The number of nitrogens with one attached hydrogen (secondary N) is 2. The molecule has 31 heavy (non-hydrogen) atoms.